The van der Waals surface area contributed by atoms with Crippen molar-refractivity contribution in [2.24, 2.45) is 34.1 Å². The summed E-state index contributed by atoms with van der Waals surface area (Å²) in [6.07, 6.45) is 17.2. The van der Waals surface area contributed by atoms with Crippen molar-refractivity contribution in [2.75, 3.05) is 46.3 Å². The van der Waals surface area contributed by atoms with Crippen LogP contribution in [0, 0.1) is 41.1 Å². The van der Waals surface area contributed by atoms with Crippen LogP contribution in [0.2, 0.25) is 0 Å². The van der Waals surface area contributed by atoms with Gasteiger partial charge in [0.05, 0.1) is 19.4 Å². The van der Waals surface area contributed by atoms with Gasteiger partial charge in [-0.3, -0.25) is 15.1 Å². The molecule has 0 amide bonds. The fraction of sp³-hybridized carbons (Fsp3) is 0.635. The maximum absolute atomic E-state index is 15.2. The molecule has 7 atom stereocenters. The van der Waals surface area contributed by atoms with Crippen LogP contribution in [0.25, 0.3) is 0 Å². The van der Waals surface area contributed by atoms with E-state index >= 15 is 4.79 Å². The number of benzene rings is 2. The molecule has 3 saturated carbocycles. The first-order valence-corrected chi connectivity index (χ1v) is 24.1. The number of ether oxygens (including phenoxy) is 3. The number of aldehydes is 1. The van der Waals surface area contributed by atoms with E-state index in [2.05, 4.69) is 45.9 Å². The number of aromatic hydroxyl groups is 2. The Bertz CT molecular complexity index is 2040. The highest BCUT2D eigenvalue weighted by Gasteiger charge is 2.49. The smallest absolute Gasteiger partial charge is 0.207 e. The Labute approximate surface area is 386 Å². The van der Waals surface area contributed by atoms with Crippen LogP contribution in [-0.4, -0.2) is 91.3 Å². The van der Waals surface area contributed by atoms with E-state index < -0.39 is 22.7 Å². The van der Waals surface area contributed by atoms with E-state index in [1.165, 1.54) is 7.11 Å². The number of aliphatic hydroxyl groups excluding tert-OH is 2. The van der Waals surface area contributed by atoms with Gasteiger partial charge < -0.3 is 50.1 Å². The Balaban J connectivity index is 1.46. The van der Waals surface area contributed by atoms with Gasteiger partial charge in [-0.25, -0.2) is 0 Å². The van der Waals surface area contributed by atoms with Gasteiger partial charge >= 0.3 is 0 Å². The number of allylic oxidation sites excluding steroid dienone is 2. The summed E-state index contributed by atoms with van der Waals surface area (Å²) in [5.74, 6) is 4.69. The fourth-order valence-electron chi connectivity index (χ4n) is 11.6. The van der Waals surface area contributed by atoms with Crippen LogP contribution in [0.4, 0.5) is 5.69 Å². The molecule has 3 aliphatic carbocycles. The molecule has 13 nitrogen and oxygen atoms in total. The number of aliphatic hydroxyl groups is 2. The lowest BCUT2D eigenvalue weighted by Gasteiger charge is -2.39. The van der Waals surface area contributed by atoms with E-state index in [-0.39, 0.29) is 54.2 Å². The van der Waals surface area contributed by atoms with Crippen LogP contribution >= 0.6 is 0 Å². The summed E-state index contributed by atoms with van der Waals surface area (Å²) in [6, 6.07) is 12.5. The number of phenols is 2. The van der Waals surface area contributed by atoms with Crippen molar-refractivity contribution in [1.82, 2.24) is 10.6 Å². The van der Waals surface area contributed by atoms with Crippen molar-refractivity contribution in [1.29, 1.82) is 0 Å². The SMILES string of the molecule is CCC(CC=O)CCC1C=CC(=O)C2(Cc3ccc(O)c(OC)c3)CCCC2CC#CNC(=NC)Nc2cc(cc(OC3(CNC)CCC(CC(O)OCCCO)C3)c2O)C12CCCC2. The number of ketones is 1. The van der Waals surface area contributed by atoms with Gasteiger partial charge in [-0.2, -0.15) is 0 Å². The summed E-state index contributed by atoms with van der Waals surface area (Å²) in [5, 5.41) is 52.4. The van der Waals surface area contributed by atoms with Crippen molar-refractivity contribution in [3.8, 4) is 35.0 Å². The first-order chi connectivity index (χ1) is 31.5. The molecule has 7 unspecified atom stereocenters. The number of carbonyl (C=O) groups excluding carboxylic acids is 2. The third-order valence-corrected chi connectivity index (χ3v) is 15.2. The van der Waals surface area contributed by atoms with Gasteiger partial charge in [-0.15, -0.1) is 0 Å². The van der Waals surface area contributed by atoms with Crippen molar-refractivity contribution < 1.29 is 44.2 Å². The Morgan fingerprint density at radius 3 is 2.62 bits per heavy atom. The second-order valence-corrected chi connectivity index (χ2v) is 19.1. The van der Waals surface area contributed by atoms with Gasteiger partial charge in [0.15, 0.2) is 35.1 Å². The van der Waals surface area contributed by atoms with Crippen molar-refractivity contribution >= 4 is 23.7 Å². The fourth-order valence-corrected chi connectivity index (χ4v) is 11.6. The highest BCUT2D eigenvalue weighted by atomic mass is 16.6. The van der Waals surface area contributed by atoms with E-state index in [0.717, 1.165) is 81.6 Å². The third kappa shape index (κ3) is 11.9. The standard InChI is InChI=1S/C52H74N4O9/c1-5-36(20-27-58)13-15-40-16-18-46(60)52(34-37-14-17-43(59)44(29-37)63-4)23-8-11-39(52)12-9-25-55-49(54-3)56-42-31-41(51(40)21-6-7-22-51)32-45(48(42)62)65-50(35-53-2)24-19-38(33-50)30-47(61)64-28-10-26-57/h14,16-18,27,29,31-32,36,38-40,47,53,57,59,61-62H,5-8,10-13,15,19-24,26,28,30,33-35H2,1-4H3,(H2,54,55,56). The van der Waals surface area contributed by atoms with Crippen LogP contribution in [0.15, 0.2) is 47.5 Å². The van der Waals surface area contributed by atoms with E-state index in [9.17, 15) is 25.2 Å². The number of rotatable bonds is 19. The second-order valence-electron chi connectivity index (χ2n) is 19.1. The minimum atomic E-state index is -0.948. The predicted molar refractivity (Wildman–Crippen MR) is 253 cm³/mol. The first kappa shape index (κ1) is 49.8. The quantitative estimate of drug-likeness (QED) is 0.0240. The summed E-state index contributed by atoms with van der Waals surface area (Å²) < 4.78 is 18.2. The van der Waals surface area contributed by atoms with Crippen molar-refractivity contribution in [3.63, 3.8) is 0 Å². The molecule has 65 heavy (non-hydrogen) atoms. The zero-order valence-electron chi connectivity index (χ0n) is 39.1. The van der Waals surface area contributed by atoms with Crippen LogP contribution in [0.3, 0.4) is 0 Å². The number of methoxy groups -OCH3 is 1. The molecule has 4 aliphatic rings. The Kier molecular flexibility index (Phi) is 17.8. The molecule has 356 valence electrons. The van der Waals surface area contributed by atoms with Crippen LogP contribution in [0.5, 0.6) is 23.0 Å². The highest BCUT2D eigenvalue weighted by Crippen LogP contribution is 2.54. The zero-order chi connectivity index (χ0) is 46.5. The number of guanidine groups is 1. The van der Waals surface area contributed by atoms with E-state index in [0.29, 0.717) is 81.1 Å². The van der Waals surface area contributed by atoms with E-state index in [1.807, 2.05) is 37.4 Å². The minimum absolute atomic E-state index is 0.000856. The number of nitrogens with one attached hydrogen (secondary N) is 3. The summed E-state index contributed by atoms with van der Waals surface area (Å²) in [4.78, 5) is 31.5. The molecule has 0 radical (unpaired) electrons. The Morgan fingerprint density at radius 2 is 1.89 bits per heavy atom. The third-order valence-electron chi connectivity index (χ3n) is 15.2. The summed E-state index contributed by atoms with van der Waals surface area (Å²) in [7, 11) is 5.08. The molecule has 0 aromatic heterocycles. The molecule has 3 fully saturated rings. The number of hydrogen-bond acceptors (Lipinski definition) is 11. The molecule has 6 rings (SSSR count). The minimum Gasteiger partial charge on any atom is -0.504 e. The van der Waals surface area contributed by atoms with Crippen LogP contribution in [0.1, 0.15) is 127 Å². The van der Waals surface area contributed by atoms with Gasteiger partial charge in [0.25, 0.3) is 0 Å². The molecule has 7 N–H and O–H groups in total. The highest BCUT2D eigenvalue weighted by molar-refractivity contribution is 5.97. The number of phenolic OH excluding ortho intramolecular Hbond substituents is 2. The Morgan fingerprint density at radius 1 is 1.08 bits per heavy atom. The first-order valence-electron chi connectivity index (χ1n) is 24.1. The Hall–Kier alpha value is -4.61. The molecule has 2 aromatic rings. The number of hydrogen-bond donors (Lipinski definition) is 7. The van der Waals surface area contributed by atoms with E-state index in [4.69, 9.17) is 14.2 Å². The molecule has 2 aromatic carbocycles. The zero-order valence-corrected chi connectivity index (χ0v) is 39.1. The number of carbonyl (C=O) groups is 2. The molecule has 1 aliphatic heterocycles. The maximum Gasteiger partial charge on any atom is 0.207 e. The lowest BCUT2D eigenvalue weighted by atomic mass is 9.65. The number of anilines is 1. The summed E-state index contributed by atoms with van der Waals surface area (Å²) >= 11 is 0. The van der Waals surface area contributed by atoms with Crippen LogP contribution < -0.4 is 25.4 Å². The molecular formula is C52H74N4O9. The average molecular weight is 899 g/mol. The lowest BCUT2D eigenvalue weighted by molar-refractivity contribution is -0.125. The molecule has 0 saturated heterocycles. The number of aliphatic imine (C=N–C) groups is 1. The number of fused-ring (bicyclic) bond motifs is 4. The largest absolute Gasteiger partial charge is 0.504 e. The monoisotopic (exact) mass is 899 g/mol. The van der Waals surface area contributed by atoms with Gasteiger partial charge in [-0.1, -0.05) is 50.7 Å². The normalized spacial score (nSPS) is 26.8. The molecule has 13 heteroatoms. The molecule has 2 bridgehead atoms. The number of nitrogens with zero attached hydrogens (tertiary/aromatic N) is 1. The van der Waals surface area contributed by atoms with Crippen molar-refractivity contribution in [3.05, 3.63) is 53.6 Å². The van der Waals surface area contributed by atoms with Gasteiger partial charge in [0, 0.05) is 56.3 Å². The van der Waals surface area contributed by atoms with Gasteiger partial charge in [-0.05, 0) is 143 Å². The average Bonchev–Trinajstić information content (AvgIpc) is 4.06. The van der Waals surface area contributed by atoms with Gasteiger partial charge in [0.2, 0.25) is 5.96 Å². The molecule has 1 spiro atoms. The topological polar surface area (TPSA) is 191 Å². The van der Waals surface area contributed by atoms with Gasteiger partial charge in [0.1, 0.15) is 11.9 Å². The summed E-state index contributed by atoms with van der Waals surface area (Å²) in [6.45, 7) is 2.93. The second kappa shape index (κ2) is 23.2. The molecule has 1 heterocycles. The van der Waals surface area contributed by atoms with E-state index in [1.54, 1.807) is 13.1 Å². The lowest BCUT2D eigenvalue weighted by Crippen LogP contribution is -2.43. The van der Waals surface area contributed by atoms with Crippen LogP contribution in [-0.2, 0) is 26.2 Å². The maximum atomic E-state index is 15.2. The van der Waals surface area contributed by atoms with Crippen molar-refractivity contribution in [2.45, 2.75) is 140 Å². The number of likely N-dealkylation sites (N-methyl/N-ethyl adjacent to an activating group) is 1. The predicted octanol–water partition coefficient (Wildman–Crippen LogP) is 7.68. The summed E-state index contributed by atoms with van der Waals surface area (Å²) in [5.41, 5.74) is 0.497. The molecular weight excluding hydrogens is 825 g/mol.